The molecular formula is C19H19NO4. The molecule has 1 aliphatic rings. The zero-order chi connectivity index (χ0) is 17.3. The van der Waals surface area contributed by atoms with Crippen molar-refractivity contribution in [2.45, 2.75) is 31.6 Å². The molecule has 0 aliphatic heterocycles. The van der Waals surface area contributed by atoms with Crippen LogP contribution in [0, 0.1) is 6.92 Å². The summed E-state index contributed by atoms with van der Waals surface area (Å²) in [5, 5.41) is 21.9. The van der Waals surface area contributed by atoms with Gasteiger partial charge in [0.1, 0.15) is 0 Å². The van der Waals surface area contributed by atoms with E-state index in [2.05, 4.69) is 5.32 Å². The van der Waals surface area contributed by atoms with Gasteiger partial charge >= 0.3 is 11.9 Å². The van der Waals surface area contributed by atoms with E-state index in [-0.39, 0.29) is 5.56 Å². The quantitative estimate of drug-likeness (QED) is 0.775. The van der Waals surface area contributed by atoms with Gasteiger partial charge in [0.05, 0.1) is 16.7 Å². The first-order valence-electron chi connectivity index (χ1n) is 7.87. The van der Waals surface area contributed by atoms with Gasteiger partial charge in [0, 0.05) is 5.69 Å². The van der Waals surface area contributed by atoms with Crippen molar-refractivity contribution in [3.8, 4) is 0 Å². The lowest BCUT2D eigenvalue weighted by Crippen LogP contribution is -2.42. The third-order valence-corrected chi connectivity index (χ3v) is 4.74. The topological polar surface area (TPSA) is 86.6 Å². The minimum Gasteiger partial charge on any atom is -0.481 e. The molecular weight excluding hydrogens is 306 g/mol. The van der Waals surface area contributed by atoms with Gasteiger partial charge in [-0.15, -0.1) is 0 Å². The lowest BCUT2D eigenvalue weighted by atomic mass is 9.64. The lowest BCUT2D eigenvalue weighted by molar-refractivity contribution is -0.147. The molecule has 2 aromatic rings. The molecule has 3 rings (SSSR count). The number of benzene rings is 2. The number of carboxylic acids is 2. The monoisotopic (exact) mass is 325 g/mol. The van der Waals surface area contributed by atoms with Gasteiger partial charge in [-0.05, 0) is 49.6 Å². The Kier molecular flexibility index (Phi) is 4.01. The number of rotatable bonds is 5. The first-order valence-corrected chi connectivity index (χ1v) is 7.87. The summed E-state index contributed by atoms with van der Waals surface area (Å²) in [6, 6.07) is 12.4. The van der Waals surface area contributed by atoms with Gasteiger partial charge in [-0.1, -0.05) is 30.2 Å². The molecule has 124 valence electrons. The van der Waals surface area contributed by atoms with Crippen LogP contribution >= 0.6 is 0 Å². The number of aryl methyl sites for hydroxylation is 1. The number of carboxylic acid groups (broad SMARTS) is 2. The van der Waals surface area contributed by atoms with Gasteiger partial charge in [0.25, 0.3) is 0 Å². The molecule has 5 heteroatoms. The summed E-state index contributed by atoms with van der Waals surface area (Å²) in [4.78, 5) is 22.9. The van der Waals surface area contributed by atoms with Crippen molar-refractivity contribution in [1.82, 2.24) is 0 Å². The molecule has 24 heavy (non-hydrogen) atoms. The first kappa shape index (κ1) is 16.1. The average Bonchev–Trinajstić information content (AvgIpc) is 2.49. The van der Waals surface area contributed by atoms with E-state index in [1.807, 2.05) is 25.1 Å². The van der Waals surface area contributed by atoms with Gasteiger partial charge in [-0.2, -0.15) is 0 Å². The molecule has 0 bridgehead atoms. The Morgan fingerprint density at radius 1 is 1.04 bits per heavy atom. The number of aromatic carboxylic acids is 1. The Labute approximate surface area is 139 Å². The van der Waals surface area contributed by atoms with Crippen LogP contribution in [0.15, 0.2) is 42.5 Å². The van der Waals surface area contributed by atoms with E-state index in [1.54, 1.807) is 24.3 Å². The van der Waals surface area contributed by atoms with E-state index < -0.39 is 17.4 Å². The molecule has 0 unspecified atom stereocenters. The highest BCUT2D eigenvalue weighted by molar-refractivity contribution is 5.95. The number of hydrogen-bond acceptors (Lipinski definition) is 3. The molecule has 5 nitrogen and oxygen atoms in total. The second-order valence-electron chi connectivity index (χ2n) is 6.30. The molecule has 0 amide bonds. The number of anilines is 2. The van der Waals surface area contributed by atoms with Crippen LogP contribution in [0.2, 0.25) is 0 Å². The molecule has 0 aromatic heterocycles. The fourth-order valence-corrected chi connectivity index (χ4v) is 3.13. The maximum Gasteiger partial charge on any atom is 0.337 e. The SMILES string of the molecule is Cc1ccc(Nc2ccc(C3(C(=O)O)CCC3)cc2)c(C(=O)O)c1. The highest BCUT2D eigenvalue weighted by atomic mass is 16.4. The molecule has 0 heterocycles. The Morgan fingerprint density at radius 2 is 1.71 bits per heavy atom. The second kappa shape index (κ2) is 6.00. The van der Waals surface area contributed by atoms with Crippen LogP contribution in [-0.4, -0.2) is 22.2 Å². The average molecular weight is 325 g/mol. The van der Waals surface area contributed by atoms with Crippen molar-refractivity contribution in [1.29, 1.82) is 0 Å². The maximum absolute atomic E-state index is 11.6. The van der Waals surface area contributed by atoms with Gasteiger partial charge in [0.15, 0.2) is 0 Å². The minimum absolute atomic E-state index is 0.208. The van der Waals surface area contributed by atoms with Gasteiger partial charge < -0.3 is 15.5 Å². The molecule has 0 spiro atoms. The van der Waals surface area contributed by atoms with E-state index in [0.29, 0.717) is 18.5 Å². The third kappa shape index (κ3) is 2.73. The molecule has 1 fully saturated rings. The predicted molar refractivity (Wildman–Crippen MR) is 91.0 cm³/mol. The Balaban J connectivity index is 1.85. The Hall–Kier alpha value is -2.82. The van der Waals surface area contributed by atoms with Crippen molar-refractivity contribution in [2.75, 3.05) is 5.32 Å². The summed E-state index contributed by atoms with van der Waals surface area (Å²) in [7, 11) is 0. The number of carbonyl (C=O) groups is 2. The van der Waals surface area contributed by atoms with Crippen molar-refractivity contribution in [3.05, 3.63) is 59.2 Å². The number of nitrogens with one attached hydrogen (secondary N) is 1. The predicted octanol–water partition coefficient (Wildman–Crippen LogP) is 3.94. The number of hydrogen-bond donors (Lipinski definition) is 3. The fourth-order valence-electron chi connectivity index (χ4n) is 3.13. The van der Waals surface area contributed by atoms with E-state index in [9.17, 15) is 19.8 Å². The molecule has 3 N–H and O–H groups in total. The van der Waals surface area contributed by atoms with E-state index in [4.69, 9.17) is 0 Å². The first-order chi connectivity index (χ1) is 11.4. The van der Waals surface area contributed by atoms with E-state index >= 15 is 0 Å². The van der Waals surface area contributed by atoms with Gasteiger partial charge in [-0.3, -0.25) is 4.79 Å². The second-order valence-corrected chi connectivity index (χ2v) is 6.30. The van der Waals surface area contributed by atoms with E-state index in [1.165, 1.54) is 0 Å². The molecule has 1 aliphatic carbocycles. The zero-order valence-corrected chi connectivity index (χ0v) is 13.4. The van der Waals surface area contributed by atoms with Crippen molar-refractivity contribution < 1.29 is 19.8 Å². The molecule has 0 radical (unpaired) electrons. The fraction of sp³-hybridized carbons (Fsp3) is 0.263. The van der Waals surface area contributed by atoms with Crippen molar-refractivity contribution in [3.63, 3.8) is 0 Å². The largest absolute Gasteiger partial charge is 0.481 e. The van der Waals surface area contributed by atoms with Gasteiger partial charge in [0.2, 0.25) is 0 Å². The van der Waals surface area contributed by atoms with Crippen LogP contribution in [-0.2, 0) is 10.2 Å². The van der Waals surface area contributed by atoms with Crippen molar-refractivity contribution in [2.24, 2.45) is 0 Å². The lowest BCUT2D eigenvalue weighted by Gasteiger charge is -2.38. The standard InChI is InChI=1S/C19H19NO4/c1-12-3-8-16(15(11-12)17(21)22)20-14-6-4-13(5-7-14)19(18(23)24)9-2-10-19/h3-8,11,20H,2,9-10H2,1H3,(H,21,22)(H,23,24). The van der Waals surface area contributed by atoms with Gasteiger partial charge in [-0.25, -0.2) is 4.79 Å². The van der Waals surface area contributed by atoms with Crippen LogP contribution in [0.25, 0.3) is 0 Å². The zero-order valence-electron chi connectivity index (χ0n) is 13.4. The normalized spacial score (nSPS) is 15.4. The maximum atomic E-state index is 11.6. The van der Waals surface area contributed by atoms with Crippen LogP contribution in [0.5, 0.6) is 0 Å². The van der Waals surface area contributed by atoms with E-state index in [0.717, 1.165) is 23.2 Å². The summed E-state index contributed by atoms with van der Waals surface area (Å²) in [6.45, 7) is 1.84. The highest BCUT2D eigenvalue weighted by Gasteiger charge is 2.45. The Morgan fingerprint density at radius 3 is 2.21 bits per heavy atom. The van der Waals surface area contributed by atoms with Crippen molar-refractivity contribution >= 4 is 23.3 Å². The summed E-state index contributed by atoms with van der Waals surface area (Å²) in [6.07, 6.45) is 2.25. The number of aliphatic carboxylic acids is 1. The molecule has 0 saturated heterocycles. The third-order valence-electron chi connectivity index (χ3n) is 4.74. The summed E-state index contributed by atoms with van der Waals surface area (Å²) in [5.41, 5.74) is 2.37. The summed E-state index contributed by atoms with van der Waals surface area (Å²) < 4.78 is 0. The van der Waals surface area contributed by atoms with Crippen LogP contribution in [0.1, 0.15) is 40.7 Å². The van der Waals surface area contributed by atoms with Crippen LogP contribution in [0.4, 0.5) is 11.4 Å². The Bertz CT molecular complexity index is 792. The van der Waals surface area contributed by atoms with Crippen LogP contribution < -0.4 is 5.32 Å². The summed E-state index contributed by atoms with van der Waals surface area (Å²) >= 11 is 0. The van der Waals surface area contributed by atoms with Crippen LogP contribution in [0.3, 0.4) is 0 Å². The highest BCUT2D eigenvalue weighted by Crippen LogP contribution is 2.44. The minimum atomic E-state index is -0.989. The molecule has 0 atom stereocenters. The smallest absolute Gasteiger partial charge is 0.337 e. The molecule has 2 aromatic carbocycles. The molecule has 1 saturated carbocycles. The summed E-state index contributed by atoms with van der Waals surface area (Å²) in [5.74, 6) is -1.77.